The van der Waals surface area contributed by atoms with Crippen molar-refractivity contribution in [1.29, 1.82) is 0 Å². The minimum absolute atomic E-state index is 0.134. The lowest BCUT2D eigenvalue weighted by Gasteiger charge is -2.28. The number of anilines is 1. The average Bonchev–Trinajstić information content (AvgIpc) is 2.82. The van der Waals surface area contributed by atoms with Gasteiger partial charge in [0.15, 0.2) is 0 Å². The normalized spacial score (nSPS) is 18.1. The van der Waals surface area contributed by atoms with Crippen LogP contribution in [0.15, 0.2) is 29.0 Å². The molecule has 2 nitrogen and oxygen atoms in total. The predicted molar refractivity (Wildman–Crippen MR) is 72.1 cm³/mol. The summed E-state index contributed by atoms with van der Waals surface area (Å²) < 4.78 is 6.11. The van der Waals surface area contributed by atoms with Gasteiger partial charge in [-0.05, 0) is 47.9 Å². The van der Waals surface area contributed by atoms with Crippen LogP contribution >= 0.6 is 11.3 Å². The topological polar surface area (TPSA) is 21.3 Å². The molecule has 1 N–H and O–H groups in total. The molecule has 1 aliphatic heterocycles. The Balaban J connectivity index is 1.95. The lowest BCUT2D eigenvalue weighted by Crippen LogP contribution is -2.23. The Morgan fingerprint density at radius 2 is 2.24 bits per heavy atom. The number of hydrogen-bond donors (Lipinski definition) is 1. The zero-order valence-electron chi connectivity index (χ0n) is 9.99. The number of hydrogen-bond acceptors (Lipinski definition) is 3. The number of fused-ring (bicyclic) bond motifs is 1. The zero-order valence-corrected chi connectivity index (χ0v) is 10.8. The van der Waals surface area contributed by atoms with Crippen molar-refractivity contribution in [1.82, 2.24) is 0 Å². The van der Waals surface area contributed by atoms with Crippen molar-refractivity contribution in [2.24, 2.45) is 0 Å². The van der Waals surface area contributed by atoms with E-state index in [1.165, 1.54) is 16.7 Å². The molecule has 17 heavy (non-hydrogen) atoms. The van der Waals surface area contributed by atoms with Crippen molar-refractivity contribution < 1.29 is 4.74 Å². The summed E-state index contributed by atoms with van der Waals surface area (Å²) in [5.41, 5.74) is 4.85. The van der Waals surface area contributed by atoms with Gasteiger partial charge in [-0.2, -0.15) is 11.3 Å². The van der Waals surface area contributed by atoms with Gasteiger partial charge in [0.2, 0.25) is 0 Å². The number of nitrogens with one attached hydrogen (secondary N) is 1. The van der Waals surface area contributed by atoms with Gasteiger partial charge >= 0.3 is 0 Å². The Kier molecular flexibility index (Phi) is 2.56. The molecule has 2 heterocycles. The van der Waals surface area contributed by atoms with Crippen molar-refractivity contribution >= 4 is 17.0 Å². The van der Waals surface area contributed by atoms with Crippen molar-refractivity contribution in [3.8, 4) is 5.75 Å². The maximum Gasteiger partial charge on any atom is 0.146 e. The highest BCUT2D eigenvalue weighted by Gasteiger charge is 2.22. The average molecular weight is 245 g/mol. The van der Waals surface area contributed by atoms with Crippen LogP contribution in [0.5, 0.6) is 5.75 Å². The fraction of sp³-hybridized carbons (Fsp3) is 0.286. The van der Waals surface area contributed by atoms with E-state index in [0.29, 0.717) is 0 Å². The van der Waals surface area contributed by atoms with Gasteiger partial charge in [0.05, 0.1) is 12.2 Å². The monoisotopic (exact) mass is 245 g/mol. The summed E-state index contributed by atoms with van der Waals surface area (Å²) in [5, 5.41) is 7.71. The fourth-order valence-corrected chi connectivity index (χ4v) is 2.97. The zero-order chi connectivity index (χ0) is 11.8. The minimum atomic E-state index is 0.134. The van der Waals surface area contributed by atoms with Crippen LogP contribution in [0.25, 0.3) is 0 Å². The Bertz CT molecular complexity index is 533. The van der Waals surface area contributed by atoms with Crippen LogP contribution in [0.2, 0.25) is 0 Å². The Morgan fingerprint density at radius 1 is 1.35 bits per heavy atom. The van der Waals surface area contributed by atoms with E-state index in [1.54, 1.807) is 11.3 Å². The summed E-state index contributed by atoms with van der Waals surface area (Å²) in [5.74, 6) is 0.998. The van der Waals surface area contributed by atoms with Gasteiger partial charge in [-0.15, -0.1) is 0 Å². The Labute approximate surface area is 105 Å². The van der Waals surface area contributed by atoms with Gasteiger partial charge in [-0.1, -0.05) is 6.07 Å². The van der Waals surface area contributed by atoms with E-state index in [0.717, 1.165) is 18.0 Å². The molecular weight excluding hydrogens is 230 g/mol. The molecule has 0 amide bonds. The third kappa shape index (κ3) is 1.91. The second-order valence-electron chi connectivity index (χ2n) is 4.50. The lowest BCUT2D eigenvalue weighted by molar-refractivity contribution is 0.209. The van der Waals surface area contributed by atoms with Gasteiger partial charge < -0.3 is 10.1 Å². The maximum atomic E-state index is 6.11. The molecule has 0 bridgehead atoms. The summed E-state index contributed by atoms with van der Waals surface area (Å²) >= 11 is 1.71. The third-order valence-corrected chi connectivity index (χ3v) is 3.77. The second-order valence-corrected chi connectivity index (χ2v) is 5.28. The maximum absolute atomic E-state index is 6.11. The number of benzene rings is 1. The number of thiophene rings is 1. The van der Waals surface area contributed by atoms with E-state index < -0.39 is 0 Å². The highest BCUT2D eigenvalue weighted by atomic mass is 32.1. The predicted octanol–water partition coefficient (Wildman–Crippen LogP) is 3.91. The SMILES string of the molecule is Cc1cc(C)c2c(c1)NCC(c1ccsc1)O2. The molecule has 1 unspecified atom stereocenters. The molecule has 1 aromatic carbocycles. The summed E-state index contributed by atoms with van der Waals surface area (Å²) in [4.78, 5) is 0. The highest BCUT2D eigenvalue weighted by molar-refractivity contribution is 7.07. The van der Waals surface area contributed by atoms with Gasteiger partial charge in [0.1, 0.15) is 11.9 Å². The molecule has 3 rings (SSSR count). The molecule has 0 spiro atoms. The molecule has 1 atom stereocenters. The highest BCUT2D eigenvalue weighted by Crippen LogP contribution is 2.37. The first-order chi connectivity index (χ1) is 8.24. The number of rotatable bonds is 1. The smallest absolute Gasteiger partial charge is 0.146 e. The summed E-state index contributed by atoms with van der Waals surface area (Å²) in [6.07, 6.45) is 0.134. The fourth-order valence-electron chi connectivity index (χ4n) is 2.27. The van der Waals surface area contributed by atoms with Crippen molar-refractivity contribution in [2.75, 3.05) is 11.9 Å². The molecule has 0 saturated carbocycles. The number of aryl methyl sites for hydroxylation is 2. The second kappa shape index (κ2) is 4.08. The van der Waals surface area contributed by atoms with Crippen LogP contribution in [-0.2, 0) is 0 Å². The summed E-state index contributed by atoms with van der Waals surface area (Å²) in [6.45, 7) is 5.05. The molecule has 1 aromatic heterocycles. The molecule has 0 saturated heterocycles. The molecule has 3 heteroatoms. The van der Waals surface area contributed by atoms with E-state index in [-0.39, 0.29) is 6.10 Å². The van der Waals surface area contributed by atoms with E-state index in [9.17, 15) is 0 Å². The largest absolute Gasteiger partial charge is 0.481 e. The van der Waals surface area contributed by atoms with Crippen LogP contribution in [0.1, 0.15) is 22.8 Å². The van der Waals surface area contributed by atoms with E-state index >= 15 is 0 Å². The standard InChI is InChI=1S/C14H15NOS/c1-9-5-10(2)14-12(6-9)15-7-13(16-14)11-3-4-17-8-11/h3-6,8,13,15H,7H2,1-2H3. The van der Waals surface area contributed by atoms with E-state index in [2.05, 4.69) is 48.1 Å². The van der Waals surface area contributed by atoms with Crippen LogP contribution in [0.3, 0.4) is 0 Å². The van der Waals surface area contributed by atoms with Crippen LogP contribution in [0, 0.1) is 13.8 Å². The van der Waals surface area contributed by atoms with Crippen molar-refractivity contribution in [2.45, 2.75) is 20.0 Å². The summed E-state index contributed by atoms with van der Waals surface area (Å²) in [6, 6.07) is 6.44. The Hall–Kier alpha value is -1.48. The first-order valence-corrected chi connectivity index (χ1v) is 6.72. The van der Waals surface area contributed by atoms with Crippen molar-refractivity contribution in [3.05, 3.63) is 45.6 Å². The van der Waals surface area contributed by atoms with Gasteiger partial charge in [0.25, 0.3) is 0 Å². The van der Waals surface area contributed by atoms with Gasteiger partial charge in [-0.25, -0.2) is 0 Å². The molecule has 0 fully saturated rings. The van der Waals surface area contributed by atoms with E-state index in [1.807, 2.05) is 0 Å². The van der Waals surface area contributed by atoms with Crippen LogP contribution in [-0.4, -0.2) is 6.54 Å². The first kappa shape index (κ1) is 10.7. The lowest BCUT2D eigenvalue weighted by atomic mass is 10.1. The number of ether oxygens (including phenoxy) is 1. The summed E-state index contributed by atoms with van der Waals surface area (Å²) in [7, 11) is 0. The first-order valence-electron chi connectivity index (χ1n) is 5.78. The van der Waals surface area contributed by atoms with Crippen molar-refractivity contribution in [3.63, 3.8) is 0 Å². The molecule has 2 aromatic rings. The minimum Gasteiger partial charge on any atom is -0.481 e. The Morgan fingerprint density at radius 3 is 3.00 bits per heavy atom. The molecule has 0 aliphatic carbocycles. The van der Waals surface area contributed by atoms with E-state index in [4.69, 9.17) is 4.74 Å². The molecule has 0 radical (unpaired) electrons. The van der Waals surface area contributed by atoms with Gasteiger partial charge in [-0.3, -0.25) is 0 Å². The third-order valence-electron chi connectivity index (χ3n) is 3.07. The molecular formula is C14H15NOS. The quantitative estimate of drug-likeness (QED) is 0.822. The van der Waals surface area contributed by atoms with Gasteiger partial charge in [0, 0.05) is 5.56 Å². The van der Waals surface area contributed by atoms with Crippen LogP contribution in [0.4, 0.5) is 5.69 Å². The molecule has 1 aliphatic rings. The van der Waals surface area contributed by atoms with Crippen LogP contribution < -0.4 is 10.1 Å². The molecule has 88 valence electrons.